The van der Waals surface area contributed by atoms with Crippen LogP contribution in [0, 0.1) is 0 Å². The Labute approximate surface area is 137 Å². The van der Waals surface area contributed by atoms with E-state index in [1.807, 2.05) is 24.3 Å². The highest BCUT2D eigenvalue weighted by Crippen LogP contribution is 2.27. The van der Waals surface area contributed by atoms with Crippen LogP contribution in [0.2, 0.25) is 5.02 Å². The second kappa shape index (κ2) is 6.79. The molecule has 0 saturated carbocycles. The minimum absolute atomic E-state index is 0.0181. The van der Waals surface area contributed by atoms with Crippen molar-refractivity contribution in [1.82, 2.24) is 4.72 Å². The third-order valence-electron chi connectivity index (χ3n) is 2.83. The molecule has 0 amide bonds. The minimum Gasteiger partial charge on any atom is -0.495 e. The smallest absolute Gasteiger partial charge is 0.244 e. The van der Waals surface area contributed by atoms with Gasteiger partial charge >= 0.3 is 0 Å². The average molecular weight is 391 g/mol. The van der Waals surface area contributed by atoms with Gasteiger partial charge in [-0.15, -0.1) is 0 Å². The molecule has 0 heterocycles. The Balaban J connectivity index is 2.27. The molecule has 112 valence electrons. The molecule has 21 heavy (non-hydrogen) atoms. The second-order valence-electron chi connectivity index (χ2n) is 4.21. The van der Waals surface area contributed by atoms with Crippen molar-refractivity contribution < 1.29 is 13.2 Å². The van der Waals surface area contributed by atoms with Crippen LogP contribution >= 0.6 is 27.5 Å². The van der Waals surface area contributed by atoms with E-state index in [1.54, 1.807) is 6.07 Å². The van der Waals surface area contributed by atoms with Crippen LogP contribution in [-0.4, -0.2) is 15.5 Å². The molecule has 7 heteroatoms. The van der Waals surface area contributed by atoms with Crippen LogP contribution in [0.3, 0.4) is 0 Å². The van der Waals surface area contributed by atoms with Gasteiger partial charge in [-0.3, -0.25) is 0 Å². The predicted molar refractivity (Wildman–Crippen MR) is 86.2 cm³/mol. The van der Waals surface area contributed by atoms with Gasteiger partial charge in [0.2, 0.25) is 10.0 Å². The quantitative estimate of drug-likeness (QED) is 0.849. The lowest BCUT2D eigenvalue weighted by molar-refractivity contribution is 0.402. The van der Waals surface area contributed by atoms with E-state index in [2.05, 4.69) is 20.7 Å². The molecule has 1 N–H and O–H groups in total. The SMILES string of the molecule is COc1ccc(Cl)cc1S(=O)(=O)NCc1ccccc1Br. The molecule has 0 aliphatic rings. The highest BCUT2D eigenvalue weighted by molar-refractivity contribution is 9.10. The molecule has 0 radical (unpaired) electrons. The van der Waals surface area contributed by atoms with Crippen molar-refractivity contribution in [2.24, 2.45) is 0 Å². The van der Waals surface area contributed by atoms with Crippen molar-refractivity contribution in [2.75, 3.05) is 7.11 Å². The molecule has 4 nitrogen and oxygen atoms in total. The Morgan fingerprint density at radius 3 is 2.62 bits per heavy atom. The van der Waals surface area contributed by atoms with Crippen LogP contribution in [-0.2, 0) is 16.6 Å². The van der Waals surface area contributed by atoms with Crippen molar-refractivity contribution in [2.45, 2.75) is 11.4 Å². The van der Waals surface area contributed by atoms with Gasteiger partial charge in [0.15, 0.2) is 0 Å². The van der Waals surface area contributed by atoms with Crippen LogP contribution in [0.5, 0.6) is 5.75 Å². The molecule has 0 saturated heterocycles. The maximum absolute atomic E-state index is 12.4. The third kappa shape index (κ3) is 3.97. The van der Waals surface area contributed by atoms with Gasteiger partial charge in [0.25, 0.3) is 0 Å². The monoisotopic (exact) mass is 389 g/mol. The molecule has 0 fully saturated rings. The largest absolute Gasteiger partial charge is 0.495 e. The van der Waals surface area contributed by atoms with Crippen LogP contribution in [0.25, 0.3) is 0 Å². The van der Waals surface area contributed by atoms with Crippen LogP contribution < -0.4 is 9.46 Å². The standard InChI is InChI=1S/C14H13BrClNO3S/c1-20-13-7-6-11(16)8-14(13)21(18,19)17-9-10-4-2-3-5-12(10)15/h2-8,17H,9H2,1H3. The van der Waals surface area contributed by atoms with Crippen molar-refractivity contribution in [3.63, 3.8) is 0 Å². The minimum atomic E-state index is -3.72. The Morgan fingerprint density at radius 2 is 1.95 bits per heavy atom. The summed E-state index contributed by atoms with van der Waals surface area (Å²) in [7, 11) is -2.31. The van der Waals surface area contributed by atoms with Crippen LogP contribution in [0.4, 0.5) is 0 Å². The molecule has 0 bridgehead atoms. The lowest BCUT2D eigenvalue weighted by atomic mass is 10.2. The van der Waals surface area contributed by atoms with Crippen molar-refractivity contribution in [1.29, 1.82) is 0 Å². The van der Waals surface area contributed by atoms with Gasteiger partial charge in [-0.05, 0) is 29.8 Å². The number of halogens is 2. The summed E-state index contributed by atoms with van der Waals surface area (Å²) in [4.78, 5) is 0.0181. The molecule has 2 aromatic carbocycles. The van der Waals surface area contributed by atoms with E-state index in [9.17, 15) is 8.42 Å². The molecule has 0 aliphatic heterocycles. The molecule has 2 rings (SSSR count). The molecule has 0 spiro atoms. The molecular formula is C14H13BrClNO3S. The van der Waals surface area contributed by atoms with E-state index in [1.165, 1.54) is 19.2 Å². The van der Waals surface area contributed by atoms with E-state index < -0.39 is 10.0 Å². The van der Waals surface area contributed by atoms with Gasteiger partial charge in [0.1, 0.15) is 10.6 Å². The fourth-order valence-corrected chi connectivity index (χ4v) is 3.61. The van der Waals surface area contributed by atoms with Crippen LogP contribution in [0.15, 0.2) is 51.8 Å². The summed E-state index contributed by atoms with van der Waals surface area (Å²) in [6.07, 6.45) is 0. The Hall–Kier alpha value is -1.08. The topological polar surface area (TPSA) is 55.4 Å². The highest BCUT2D eigenvalue weighted by Gasteiger charge is 2.20. The zero-order chi connectivity index (χ0) is 15.5. The predicted octanol–water partition coefficient (Wildman–Crippen LogP) is 3.59. The van der Waals surface area contributed by atoms with Gasteiger partial charge in [0.05, 0.1) is 7.11 Å². The van der Waals surface area contributed by atoms with Crippen molar-refractivity contribution >= 4 is 37.6 Å². The van der Waals surface area contributed by atoms with Gasteiger partial charge in [-0.1, -0.05) is 45.7 Å². The second-order valence-corrected chi connectivity index (χ2v) is 7.24. The maximum atomic E-state index is 12.4. The number of sulfonamides is 1. The molecule has 0 atom stereocenters. The summed E-state index contributed by atoms with van der Waals surface area (Å²) in [5.41, 5.74) is 0.835. The van der Waals surface area contributed by atoms with Gasteiger partial charge in [-0.2, -0.15) is 0 Å². The summed E-state index contributed by atoms with van der Waals surface area (Å²) in [5.74, 6) is 0.249. The lowest BCUT2D eigenvalue weighted by Gasteiger charge is -2.11. The van der Waals surface area contributed by atoms with E-state index in [0.29, 0.717) is 5.02 Å². The molecule has 0 aliphatic carbocycles. The van der Waals surface area contributed by atoms with Gasteiger partial charge in [0, 0.05) is 16.0 Å². The molecular weight excluding hydrogens is 378 g/mol. The number of nitrogens with one attached hydrogen (secondary N) is 1. The normalized spacial score (nSPS) is 11.4. The number of hydrogen-bond donors (Lipinski definition) is 1. The maximum Gasteiger partial charge on any atom is 0.244 e. The zero-order valence-corrected chi connectivity index (χ0v) is 14.3. The first kappa shape index (κ1) is 16.3. The zero-order valence-electron chi connectivity index (χ0n) is 11.1. The van der Waals surface area contributed by atoms with Crippen LogP contribution in [0.1, 0.15) is 5.56 Å². The number of rotatable bonds is 5. The fourth-order valence-electron chi connectivity index (χ4n) is 1.75. The first-order chi connectivity index (χ1) is 9.94. The molecule has 0 aromatic heterocycles. The highest BCUT2D eigenvalue weighted by atomic mass is 79.9. The molecule has 2 aromatic rings. The van der Waals surface area contributed by atoms with E-state index in [0.717, 1.165) is 10.0 Å². The number of hydrogen-bond acceptors (Lipinski definition) is 3. The Bertz CT molecular complexity index is 750. The van der Waals surface area contributed by atoms with Gasteiger partial charge in [-0.25, -0.2) is 13.1 Å². The van der Waals surface area contributed by atoms with Crippen molar-refractivity contribution in [3.8, 4) is 5.75 Å². The van der Waals surface area contributed by atoms with Crippen molar-refractivity contribution in [3.05, 3.63) is 57.5 Å². The lowest BCUT2D eigenvalue weighted by Crippen LogP contribution is -2.24. The first-order valence-electron chi connectivity index (χ1n) is 6.00. The molecule has 0 unspecified atom stereocenters. The average Bonchev–Trinajstić information content (AvgIpc) is 2.46. The number of methoxy groups -OCH3 is 1. The fraction of sp³-hybridized carbons (Fsp3) is 0.143. The third-order valence-corrected chi connectivity index (χ3v) is 5.26. The summed E-state index contributed by atoms with van der Waals surface area (Å²) >= 11 is 9.25. The number of ether oxygens (including phenoxy) is 1. The summed E-state index contributed by atoms with van der Waals surface area (Å²) < 4.78 is 33.2. The first-order valence-corrected chi connectivity index (χ1v) is 8.66. The Kier molecular flexibility index (Phi) is 5.27. The van der Waals surface area contributed by atoms with Gasteiger partial charge < -0.3 is 4.74 Å². The Morgan fingerprint density at radius 1 is 1.24 bits per heavy atom. The van der Waals surface area contributed by atoms with E-state index >= 15 is 0 Å². The summed E-state index contributed by atoms with van der Waals surface area (Å²) in [6, 6.07) is 11.9. The van der Waals surface area contributed by atoms with E-state index in [-0.39, 0.29) is 17.2 Å². The number of benzene rings is 2. The summed E-state index contributed by atoms with van der Waals surface area (Å²) in [5, 5.41) is 0.331. The summed E-state index contributed by atoms with van der Waals surface area (Å²) in [6.45, 7) is 0.166. The van der Waals surface area contributed by atoms with E-state index in [4.69, 9.17) is 16.3 Å².